The molecule has 0 radical (unpaired) electrons. The lowest BCUT2D eigenvalue weighted by Gasteiger charge is -2.46. The summed E-state index contributed by atoms with van der Waals surface area (Å²) >= 11 is 0. The molecule has 3 aliphatic heterocycles. The fourth-order valence-electron chi connectivity index (χ4n) is 4.64. The number of ether oxygens (including phenoxy) is 2. The summed E-state index contributed by atoms with van der Waals surface area (Å²) in [6.45, 7) is 1.27. The molecule has 0 bridgehead atoms. The van der Waals surface area contributed by atoms with Gasteiger partial charge in [0.15, 0.2) is 11.5 Å². The Morgan fingerprint density at radius 2 is 1.62 bits per heavy atom. The number of ketones is 1. The van der Waals surface area contributed by atoms with Gasteiger partial charge in [0.05, 0.1) is 19.9 Å². The summed E-state index contributed by atoms with van der Waals surface area (Å²) in [5.41, 5.74) is 1.66. The van der Waals surface area contributed by atoms with E-state index in [1.807, 2.05) is 24.3 Å². The quantitative estimate of drug-likeness (QED) is 0.833. The predicted molar refractivity (Wildman–Crippen MR) is 95.0 cm³/mol. The zero-order chi connectivity index (χ0) is 18.1. The summed E-state index contributed by atoms with van der Waals surface area (Å²) < 4.78 is 10.8. The van der Waals surface area contributed by atoms with Crippen LogP contribution in [0.15, 0.2) is 36.4 Å². The smallest absolute Gasteiger partial charge is 0.256 e. The molecule has 2 aromatic carbocycles. The van der Waals surface area contributed by atoms with Crippen LogP contribution in [0.2, 0.25) is 0 Å². The van der Waals surface area contributed by atoms with Crippen LogP contribution >= 0.6 is 0 Å². The van der Waals surface area contributed by atoms with Crippen LogP contribution in [0.1, 0.15) is 32.7 Å². The Morgan fingerprint density at radius 3 is 2.38 bits per heavy atom. The van der Waals surface area contributed by atoms with Crippen LogP contribution < -0.4 is 14.4 Å². The molecular formula is C20H18N2O4. The normalized spacial score (nSPS) is 22.7. The number of hydrogen-bond donors (Lipinski definition) is 0. The van der Waals surface area contributed by atoms with Gasteiger partial charge in [-0.2, -0.15) is 0 Å². The third-order valence-corrected chi connectivity index (χ3v) is 5.68. The molecule has 1 saturated heterocycles. The Kier molecular flexibility index (Phi) is 2.93. The van der Waals surface area contributed by atoms with E-state index >= 15 is 0 Å². The van der Waals surface area contributed by atoms with Crippen LogP contribution in [-0.2, 0) is 5.66 Å². The minimum absolute atomic E-state index is 0.0774. The number of Topliss-reactive ketones (excluding diaryl/α,β-unsaturated/α-hetero) is 1. The molecule has 6 heteroatoms. The highest BCUT2D eigenvalue weighted by Crippen LogP contribution is 2.55. The van der Waals surface area contributed by atoms with E-state index in [2.05, 4.69) is 4.90 Å². The van der Waals surface area contributed by atoms with Crippen LogP contribution in [-0.4, -0.2) is 43.9 Å². The number of methoxy groups -OCH3 is 2. The maximum atomic E-state index is 13.7. The highest BCUT2D eigenvalue weighted by molar-refractivity contribution is 6.20. The largest absolute Gasteiger partial charge is 0.493 e. The van der Waals surface area contributed by atoms with Crippen molar-refractivity contribution in [3.63, 3.8) is 0 Å². The maximum Gasteiger partial charge on any atom is 0.256 e. The monoisotopic (exact) mass is 350 g/mol. The van der Waals surface area contributed by atoms with Crippen molar-refractivity contribution in [1.82, 2.24) is 4.90 Å². The molecule has 3 aliphatic rings. The Hall–Kier alpha value is -3.02. The molecule has 0 aliphatic carbocycles. The predicted octanol–water partition coefficient (Wildman–Crippen LogP) is 2.42. The minimum Gasteiger partial charge on any atom is -0.493 e. The second kappa shape index (κ2) is 5.00. The van der Waals surface area contributed by atoms with Gasteiger partial charge in [-0.25, -0.2) is 0 Å². The van der Waals surface area contributed by atoms with E-state index in [0.29, 0.717) is 35.7 Å². The van der Waals surface area contributed by atoms with Gasteiger partial charge in [0.25, 0.3) is 5.91 Å². The molecule has 5 rings (SSSR count). The van der Waals surface area contributed by atoms with Crippen molar-refractivity contribution in [2.45, 2.75) is 12.1 Å². The van der Waals surface area contributed by atoms with Crippen LogP contribution in [0.5, 0.6) is 11.5 Å². The number of anilines is 1. The molecule has 1 unspecified atom stereocenters. The molecular weight excluding hydrogens is 332 g/mol. The molecule has 2 aromatic rings. The number of benzene rings is 2. The molecule has 6 nitrogen and oxygen atoms in total. The van der Waals surface area contributed by atoms with Gasteiger partial charge in [-0.1, -0.05) is 18.2 Å². The molecule has 26 heavy (non-hydrogen) atoms. The first-order valence-corrected chi connectivity index (χ1v) is 8.64. The molecule has 3 heterocycles. The number of nitrogens with zero attached hydrogens (tertiary/aromatic N) is 2. The van der Waals surface area contributed by atoms with Crippen molar-refractivity contribution in [1.29, 1.82) is 0 Å². The first kappa shape index (κ1) is 15.3. The van der Waals surface area contributed by atoms with Crippen LogP contribution in [0.25, 0.3) is 0 Å². The van der Waals surface area contributed by atoms with Crippen LogP contribution in [0, 0.1) is 0 Å². The summed E-state index contributed by atoms with van der Waals surface area (Å²) in [5.74, 6) is 0.933. The van der Waals surface area contributed by atoms with Crippen molar-refractivity contribution in [3.8, 4) is 11.5 Å². The van der Waals surface area contributed by atoms with Gasteiger partial charge in [-0.3, -0.25) is 9.59 Å². The lowest BCUT2D eigenvalue weighted by atomic mass is 9.91. The number of hydrogen-bond acceptors (Lipinski definition) is 5. The second-order valence-electron chi connectivity index (χ2n) is 6.73. The lowest BCUT2D eigenvalue weighted by Crippen LogP contribution is -2.62. The Labute approximate surface area is 150 Å². The minimum atomic E-state index is -1.08. The van der Waals surface area contributed by atoms with Gasteiger partial charge >= 0.3 is 0 Å². The number of amides is 1. The topological polar surface area (TPSA) is 59.1 Å². The zero-order valence-corrected chi connectivity index (χ0v) is 14.6. The van der Waals surface area contributed by atoms with E-state index in [1.165, 1.54) is 0 Å². The highest BCUT2D eigenvalue weighted by atomic mass is 16.5. The van der Waals surface area contributed by atoms with Crippen LogP contribution in [0.3, 0.4) is 0 Å². The Balaban J connectivity index is 1.81. The number of carbonyl (C=O) groups is 2. The zero-order valence-electron chi connectivity index (χ0n) is 14.6. The van der Waals surface area contributed by atoms with E-state index in [4.69, 9.17) is 9.47 Å². The van der Waals surface area contributed by atoms with Gasteiger partial charge < -0.3 is 19.3 Å². The Bertz CT molecular complexity index is 970. The third-order valence-electron chi connectivity index (χ3n) is 5.68. The van der Waals surface area contributed by atoms with Gasteiger partial charge in [0, 0.05) is 35.8 Å². The maximum absolute atomic E-state index is 13.7. The number of fused-ring (bicyclic) bond motifs is 3. The third kappa shape index (κ3) is 1.53. The summed E-state index contributed by atoms with van der Waals surface area (Å²) in [6.07, 6.45) is 0.808. The molecule has 0 aromatic heterocycles. The van der Waals surface area contributed by atoms with Crippen molar-refractivity contribution in [3.05, 3.63) is 53.1 Å². The fourth-order valence-corrected chi connectivity index (χ4v) is 4.64. The molecule has 1 fully saturated rings. The van der Waals surface area contributed by atoms with Crippen molar-refractivity contribution < 1.29 is 19.1 Å². The standard InChI is InChI=1S/C20H18N2O4/c1-25-16-10-13-15(11-17(16)26-2)21-8-5-9-22-19(24)12-6-3-4-7-14(12)20(21,22)18(13)23/h3-4,6-7,10-11H,5,8-9H2,1-2H3. The van der Waals surface area contributed by atoms with Crippen molar-refractivity contribution in [2.24, 2.45) is 0 Å². The van der Waals surface area contributed by atoms with E-state index < -0.39 is 5.66 Å². The number of carbonyl (C=O) groups excluding carboxylic acids is 2. The average Bonchev–Trinajstić information content (AvgIpc) is 3.10. The molecule has 0 N–H and O–H groups in total. The number of rotatable bonds is 2. The molecule has 0 saturated carbocycles. The van der Waals surface area contributed by atoms with Gasteiger partial charge in [0.1, 0.15) is 0 Å². The average molecular weight is 350 g/mol. The second-order valence-corrected chi connectivity index (χ2v) is 6.73. The van der Waals surface area contributed by atoms with E-state index in [1.54, 1.807) is 31.3 Å². The summed E-state index contributed by atoms with van der Waals surface area (Å²) in [4.78, 5) is 30.5. The first-order chi connectivity index (χ1) is 12.6. The van der Waals surface area contributed by atoms with Gasteiger partial charge in [-0.15, -0.1) is 0 Å². The lowest BCUT2D eigenvalue weighted by molar-refractivity contribution is 0.0413. The SMILES string of the molecule is COc1cc2c(cc1OC)N1CCCN3C(=O)c4ccccc4C31C2=O. The van der Waals surface area contributed by atoms with Gasteiger partial charge in [0.2, 0.25) is 11.4 Å². The van der Waals surface area contributed by atoms with Crippen molar-refractivity contribution >= 4 is 17.4 Å². The fraction of sp³-hybridized carbons (Fsp3) is 0.300. The van der Waals surface area contributed by atoms with Gasteiger partial charge in [-0.05, 0) is 18.6 Å². The van der Waals surface area contributed by atoms with E-state index in [-0.39, 0.29) is 11.7 Å². The Morgan fingerprint density at radius 1 is 0.923 bits per heavy atom. The van der Waals surface area contributed by atoms with Crippen LogP contribution in [0.4, 0.5) is 5.69 Å². The first-order valence-electron chi connectivity index (χ1n) is 8.64. The highest BCUT2D eigenvalue weighted by Gasteiger charge is 2.64. The molecule has 1 atom stereocenters. The molecule has 1 amide bonds. The van der Waals surface area contributed by atoms with Crippen molar-refractivity contribution in [2.75, 3.05) is 32.2 Å². The molecule has 1 spiro atoms. The molecule has 132 valence electrons. The summed E-state index contributed by atoms with van der Waals surface area (Å²) in [6, 6.07) is 11.0. The van der Waals surface area contributed by atoms with E-state index in [9.17, 15) is 9.59 Å². The summed E-state index contributed by atoms with van der Waals surface area (Å²) in [5, 5.41) is 0. The van der Waals surface area contributed by atoms with E-state index in [0.717, 1.165) is 17.7 Å². The summed E-state index contributed by atoms with van der Waals surface area (Å²) in [7, 11) is 3.13.